The quantitative estimate of drug-likeness (QED) is 0.0205. The lowest BCUT2D eigenvalue weighted by molar-refractivity contribution is -0.144. The zero-order valence-electron chi connectivity index (χ0n) is 64.0. The minimum atomic E-state index is -0.170. The average Bonchev–Trinajstić information content (AvgIpc) is 1.28. The van der Waals surface area contributed by atoms with Gasteiger partial charge in [0.2, 0.25) is 0 Å². The maximum Gasteiger partial charge on any atom is 0.305 e. The zero-order valence-corrected chi connectivity index (χ0v) is 64.8. The van der Waals surface area contributed by atoms with Crippen LogP contribution in [0.25, 0.3) is 21.1 Å². The Bertz CT molecular complexity index is 4020. The summed E-state index contributed by atoms with van der Waals surface area (Å²) in [5, 5.41) is 10.9. The molecule has 0 saturated carbocycles. The van der Waals surface area contributed by atoms with E-state index in [9.17, 15) is 9.59 Å². The molecular formula is C91H112N2O10S. The van der Waals surface area contributed by atoms with Crippen molar-refractivity contribution in [3.63, 3.8) is 0 Å². The highest BCUT2D eigenvalue weighted by Gasteiger charge is 2.17. The van der Waals surface area contributed by atoms with E-state index in [4.69, 9.17) is 37.9 Å². The number of hydrogen-bond acceptors (Lipinski definition) is 13. The second-order valence-electron chi connectivity index (χ2n) is 26.6. The highest BCUT2D eigenvalue weighted by Crippen LogP contribution is 2.35. The van der Waals surface area contributed by atoms with Crippen molar-refractivity contribution in [3.05, 3.63) is 164 Å². The van der Waals surface area contributed by atoms with E-state index < -0.39 is 0 Å². The van der Waals surface area contributed by atoms with Gasteiger partial charge in [-0.2, -0.15) is 0 Å². The molecule has 1 heterocycles. The molecule has 0 bridgehead atoms. The lowest BCUT2D eigenvalue weighted by Crippen LogP contribution is -2.06. The van der Waals surface area contributed by atoms with Crippen LogP contribution in [0.3, 0.4) is 0 Å². The molecular weight excluding hydrogens is 1310 g/mol. The van der Waals surface area contributed by atoms with Gasteiger partial charge in [-0.15, -0.1) is 10.2 Å². The molecule has 104 heavy (non-hydrogen) atoms. The van der Waals surface area contributed by atoms with Gasteiger partial charge >= 0.3 is 11.9 Å². The number of unbranched alkanes of at least 4 members (excludes halogenated alkanes) is 17. The third kappa shape index (κ3) is 28.8. The topological polar surface area (TPSA) is 134 Å². The van der Waals surface area contributed by atoms with Gasteiger partial charge in [-0.1, -0.05) is 207 Å². The van der Waals surface area contributed by atoms with E-state index in [0.717, 1.165) is 202 Å². The van der Waals surface area contributed by atoms with Crippen molar-refractivity contribution in [1.82, 2.24) is 10.2 Å². The maximum atomic E-state index is 11.8. The van der Waals surface area contributed by atoms with Crippen molar-refractivity contribution in [2.24, 2.45) is 0 Å². The third-order valence-corrected chi connectivity index (χ3v) is 18.6. The number of rotatable bonds is 43. The average molecular weight is 1430 g/mol. The molecule has 0 saturated heterocycles. The largest absolute Gasteiger partial charge is 0.493 e. The fourth-order valence-corrected chi connectivity index (χ4v) is 12.7. The number of aromatic nitrogens is 2. The molecule has 0 atom stereocenters. The van der Waals surface area contributed by atoms with E-state index in [0.29, 0.717) is 95.1 Å². The van der Waals surface area contributed by atoms with Crippen molar-refractivity contribution in [3.8, 4) is 103 Å². The fraction of sp³-hybridized carbons (Fsp3) is 0.473. The summed E-state index contributed by atoms with van der Waals surface area (Å²) in [6.07, 6.45) is 24.7. The Morgan fingerprint density at radius 2 is 0.587 bits per heavy atom. The number of carbonyl (C=O) groups excluding carboxylic acids is 2. The molecule has 0 N–H and O–H groups in total. The Labute approximate surface area is 626 Å². The van der Waals surface area contributed by atoms with Crippen LogP contribution in [0.1, 0.15) is 269 Å². The Morgan fingerprint density at radius 1 is 0.317 bits per heavy atom. The minimum Gasteiger partial charge on any atom is -0.493 e. The van der Waals surface area contributed by atoms with Crippen molar-refractivity contribution in [1.29, 1.82) is 0 Å². The van der Waals surface area contributed by atoms with E-state index in [2.05, 4.69) is 123 Å². The fourth-order valence-electron chi connectivity index (χ4n) is 11.8. The van der Waals surface area contributed by atoms with E-state index in [1.54, 1.807) is 0 Å². The van der Waals surface area contributed by atoms with Gasteiger partial charge in [0.25, 0.3) is 0 Å². The first-order valence-corrected chi connectivity index (χ1v) is 39.4. The summed E-state index contributed by atoms with van der Waals surface area (Å²) in [5.74, 6) is 31.8. The maximum absolute atomic E-state index is 11.8. The molecule has 0 amide bonds. The molecule has 6 aromatic carbocycles. The molecule has 13 heteroatoms. The second kappa shape index (κ2) is 47.3. The van der Waals surface area contributed by atoms with Crippen LogP contribution in [0.5, 0.6) is 34.5 Å². The number of hydrogen-bond donors (Lipinski definition) is 0. The first kappa shape index (κ1) is 82.1. The van der Waals surface area contributed by atoms with Crippen LogP contribution in [0.15, 0.2) is 97.1 Å². The zero-order chi connectivity index (χ0) is 73.9. The van der Waals surface area contributed by atoms with Crippen LogP contribution < -0.4 is 28.4 Å². The Hall–Kier alpha value is -9.14. The first-order valence-electron chi connectivity index (χ1n) is 38.6. The molecule has 12 nitrogen and oxygen atoms in total. The van der Waals surface area contributed by atoms with Gasteiger partial charge < -0.3 is 37.9 Å². The molecule has 0 radical (unpaired) electrons. The van der Waals surface area contributed by atoms with Gasteiger partial charge in [0, 0.05) is 70.5 Å². The van der Waals surface area contributed by atoms with E-state index in [1.807, 2.05) is 100 Å². The Morgan fingerprint density at radius 3 is 0.923 bits per heavy atom. The third-order valence-electron chi connectivity index (χ3n) is 17.6. The van der Waals surface area contributed by atoms with Crippen LogP contribution in [0.2, 0.25) is 0 Å². The molecule has 0 aliphatic heterocycles. The summed E-state index contributed by atoms with van der Waals surface area (Å²) >= 11 is 1.54. The normalized spacial score (nSPS) is 10.7. The highest BCUT2D eigenvalue weighted by molar-refractivity contribution is 7.17. The van der Waals surface area contributed by atoms with Crippen molar-refractivity contribution in [2.45, 2.75) is 230 Å². The summed E-state index contributed by atoms with van der Waals surface area (Å²) in [6.45, 7) is 25.0. The van der Waals surface area contributed by atoms with Crippen LogP contribution >= 0.6 is 11.3 Å². The van der Waals surface area contributed by atoms with Crippen LogP contribution in [-0.4, -0.2) is 75.0 Å². The number of benzene rings is 6. The molecule has 0 spiro atoms. The van der Waals surface area contributed by atoms with Gasteiger partial charge in [0.05, 0.1) is 75.1 Å². The molecule has 0 fully saturated rings. The SMILES string of the molecule is CCCCCCCOc1cc(C#Cc2cc(C)c(OCCCCC(=O)OCC)c(C)c2)c(OCCCCCCC)cc1C#Cc1ccc(-c2nnc(-c3ccc(C#Cc4cc(OCCCCC)c(C#Cc5cc(C)c(OCCCCCCCC(=O)OCC)c(C)c5)cc4OCCCCC)cc3)s2)cc1. The number of ether oxygens (including phenoxy) is 8. The lowest BCUT2D eigenvalue weighted by Gasteiger charge is -2.14. The summed E-state index contributed by atoms with van der Waals surface area (Å²) in [5.41, 5.74) is 12.5. The molecule has 7 aromatic rings. The van der Waals surface area contributed by atoms with Crippen molar-refractivity contribution < 1.29 is 47.5 Å². The lowest BCUT2D eigenvalue weighted by atomic mass is 10.0. The van der Waals surface area contributed by atoms with Gasteiger partial charge in [-0.3, -0.25) is 9.59 Å². The highest BCUT2D eigenvalue weighted by atomic mass is 32.1. The smallest absolute Gasteiger partial charge is 0.305 e. The number of esters is 2. The minimum absolute atomic E-state index is 0.111. The Kier molecular flexibility index (Phi) is 37.3. The first-order chi connectivity index (χ1) is 50.8. The second-order valence-corrected chi connectivity index (χ2v) is 27.5. The van der Waals surface area contributed by atoms with Crippen LogP contribution in [-0.2, 0) is 19.1 Å². The van der Waals surface area contributed by atoms with E-state index >= 15 is 0 Å². The van der Waals surface area contributed by atoms with Crippen LogP contribution in [0, 0.1) is 75.1 Å². The van der Waals surface area contributed by atoms with Gasteiger partial charge in [0.15, 0.2) is 0 Å². The summed E-state index contributed by atoms with van der Waals surface area (Å²) < 4.78 is 48.9. The predicted octanol–water partition coefficient (Wildman–Crippen LogP) is 21.9. The molecule has 1 aromatic heterocycles. The van der Waals surface area contributed by atoms with Crippen molar-refractivity contribution in [2.75, 3.05) is 52.9 Å². The molecule has 0 aliphatic rings. The number of nitrogens with zero attached hydrogens (tertiary/aromatic N) is 2. The molecule has 0 aliphatic carbocycles. The Balaban J connectivity index is 1.07. The molecule has 0 unspecified atom stereocenters. The van der Waals surface area contributed by atoms with Gasteiger partial charge in [-0.25, -0.2) is 0 Å². The number of carbonyl (C=O) groups is 2. The summed E-state index contributed by atoms with van der Waals surface area (Å²) in [7, 11) is 0. The van der Waals surface area contributed by atoms with Crippen molar-refractivity contribution >= 4 is 23.3 Å². The molecule has 552 valence electrons. The summed E-state index contributed by atoms with van der Waals surface area (Å²) in [6, 6.07) is 32.6. The predicted molar refractivity (Wildman–Crippen MR) is 424 cm³/mol. The van der Waals surface area contributed by atoms with E-state index in [-0.39, 0.29) is 11.9 Å². The van der Waals surface area contributed by atoms with E-state index in [1.165, 1.54) is 49.9 Å². The monoisotopic (exact) mass is 1420 g/mol. The van der Waals surface area contributed by atoms with Crippen LogP contribution in [0.4, 0.5) is 0 Å². The standard InChI is InChI=1S/C91H112N2O10S/c1-11-17-21-25-32-56-100-83-67-81(53-45-75-62-70(9)89(71(10)63-75)103-59-35-29-37-87(95)97-16-6)85(101-57-33-26-22-18-12-2)65-79(83)51-43-73-40-48-77(49-41-73)91-93-92-90(104-91)76-46-38-72(39-47-76)42-50-78-64-84(99-55-31-20-14-4)80(66-82(78)98-54-30-19-13-3)52-44-74-60-68(7)88(69(8)61-74)102-58-34-27-23-24-28-36-86(94)96-15-5/h38-41,46-49,60-67H,11-37,54-59H2,1-10H3. The number of aryl methyl sites for hydroxylation is 4. The van der Waals surface area contributed by atoms with Gasteiger partial charge in [0.1, 0.15) is 44.5 Å². The summed E-state index contributed by atoms with van der Waals surface area (Å²) in [4.78, 5) is 23.5. The van der Waals surface area contributed by atoms with Gasteiger partial charge in [-0.05, 0) is 164 Å². The molecule has 7 rings (SSSR count).